The Bertz CT molecular complexity index is 967. The number of anilines is 1. The van der Waals surface area contributed by atoms with E-state index in [2.05, 4.69) is 24.8 Å². The van der Waals surface area contributed by atoms with E-state index in [1.54, 1.807) is 7.11 Å². The van der Waals surface area contributed by atoms with E-state index in [0.717, 1.165) is 48.0 Å². The second-order valence-electron chi connectivity index (χ2n) is 7.21. The Labute approximate surface area is 164 Å². The molecule has 1 amide bonds. The highest BCUT2D eigenvalue weighted by Crippen LogP contribution is 2.23. The predicted octanol–water partition coefficient (Wildman–Crippen LogP) is 2.58. The maximum atomic E-state index is 12.7. The third-order valence-electron chi connectivity index (χ3n) is 5.31. The maximum absolute atomic E-state index is 12.7. The number of hydrogen-bond donors (Lipinski definition) is 1. The molecule has 7 nitrogen and oxygen atoms in total. The number of carbonyl (C=O) groups is 1. The van der Waals surface area contributed by atoms with Crippen molar-refractivity contribution in [3.8, 4) is 5.75 Å². The van der Waals surface area contributed by atoms with E-state index in [9.17, 15) is 4.79 Å². The number of carbonyl (C=O) groups excluding carboxylic acids is 1. The summed E-state index contributed by atoms with van der Waals surface area (Å²) in [5.74, 6) is 1.67. The molecular formula is C21H25N5O2. The molecule has 7 heteroatoms. The number of nitrogens with zero attached hydrogens (tertiary/aromatic N) is 4. The fourth-order valence-corrected chi connectivity index (χ4v) is 3.74. The first-order valence-corrected chi connectivity index (χ1v) is 9.62. The van der Waals surface area contributed by atoms with Crippen LogP contribution in [0.4, 0.5) is 5.95 Å². The van der Waals surface area contributed by atoms with Crippen LogP contribution in [0, 0.1) is 12.8 Å². The standard InChI is InChI=1S/C21H25N5O2/c1-15-5-3-7-19-23-24-21(26(15)19)25-12-4-6-17(14-25)20(27)22-13-16-8-10-18(28-2)11-9-16/h3,5,7-11,17H,4,6,12-14H2,1-2H3,(H,22,27)/t17-/m1/s1. The van der Waals surface area contributed by atoms with Crippen molar-refractivity contribution in [2.24, 2.45) is 5.92 Å². The molecule has 28 heavy (non-hydrogen) atoms. The Kier molecular flexibility index (Phi) is 5.14. The quantitative estimate of drug-likeness (QED) is 0.738. The first-order valence-electron chi connectivity index (χ1n) is 9.62. The molecule has 0 spiro atoms. The van der Waals surface area contributed by atoms with Gasteiger partial charge in [0.25, 0.3) is 0 Å². The van der Waals surface area contributed by atoms with Crippen molar-refractivity contribution in [1.29, 1.82) is 0 Å². The Morgan fingerprint density at radius 3 is 2.82 bits per heavy atom. The van der Waals surface area contributed by atoms with E-state index in [-0.39, 0.29) is 11.8 Å². The number of benzene rings is 1. The van der Waals surface area contributed by atoms with Crippen molar-refractivity contribution in [3.05, 3.63) is 53.7 Å². The van der Waals surface area contributed by atoms with Crippen molar-refractivity contribution in [3.63, 3.8) is 0 Å². The molecule has 0 bridgehead atoms. The first kappa shape index (κ1) is 18.3. The molecule has 1 aromatic carbocycles. The molecule has 0 radical (unpaired) electrons. The lowest BCUT2D eigenvalue weighted by atomic mass is 9.97. The van der Waals surface area contributed by atoms with E-state index in [1.165, 1.54) is 0 Å². The summed E-state index contributed by atoms with van der Waals surface area (Å²) in [5.41, 5.74) is 2.98. The van der Waals surface area contributed by atoms with Crippen LogP contribution in [0.1, 0.15) is 24.1 Å². The number of ether oxygens (including phenoxy) is 1. The van der Waals surface area contributed by atoms with Gasteiger partial charge >= 0.3 is 0 Å². The molecule has 0 aliphatic carbocycles. The second kappa shape index (κ2) is 7.88. The molecule has 1 aliphatic heterocycles. The Balaban J connectivity index is 1.42. The van der Waals surface area contributed by atoms with Gasteiger partial charge in [0.05, 0.1) is 13.0 Å². The summed E-state index contributed by atoms with van der Waals surface area (Å²) in [4.78, 5) is 14.9. The fourth-order valence-electron chi connectivity index (χ4n) is 3.74. The number of aryl methyl sites for hydroxylation is 1. The Morgan fingerprint density at radius 1 is 1.21 bits per heavy atom. The first-order chi connectivity index (χ1) is 13.7. The van der Waals surface area contributed by atoms with Gasteiger partial charge in [0, 0.05) is 25.3 Å². The summed E-state index contributed by atoms with van der Waals surface area (Å²) in [6, 6.07) is 13.7. The van der Waals surface area contributed by atoms with E-state index in [4.69, 9.17) is 4.74 Å². The van der Waals surface area contributed by atoms with Crippen LogP contribution in [-0.4, -0.2) is 40.7 Å². The molecule has 1 fully saturated rings. The van der Waals surface area contributed by atoms with Gasteiger partial charge < -0.3 is 15.0 Å². The van der Waals surface area contributed by atoms with Gasteiger partial charge in [-0.25, -0.2) is 0 Å². The SMILES string of the molecule is COc1ccc(CNC(=O)[C@@H]2CCCN(c3nnc4cccc(C)n34)C2)cc1. The van der Waals surface area contributed by atoms with Crippen molar-refractivity contribution >= 4 is 17.5 Å². The van der Waals surface area contributed by atoms with Gasteiger partial charge in [0.15, 0.2) is 5.65 Å². The number of fused-ring (bicyclic) bond motifs is 1. The van der Waals surface area contributed by atoms with Crippen molar-refractivity contribution in [1.82, 2.24) is 19.9 Å². The molecule has 1 aliphatic rings. The van der Waals surface area contributed by atoms with Crippen LogP contribution in [0.3, 0.4) is 0 Å². The number of hydrogen-bond acceptors (Lipinski definition) is 5. The second-order valence-corrected chi connectivity index (χ2v) is 7.21. The number of amides is 1. The lowest BCUT2D eigenvalue weighted by molar-refractivity contribution is -0.125. The van der Waals surface area contributed by atoms with Gasteiger partial charge in [-0.2, -0.15) is 0 Å². The Morgan fingerprint density at radius 2 is 2.04 bits per heavy atom. The topological polar surface area (TPSA) is 71.8 Å². The van der Waals surface area contributed by atoms with Gasteiger partial charge in [-0.15, -0.1) is 10.2 Å². The summed E-state index contributed by atoms with van der Waals surface area (Å²) in [7, 11) is 1.64. The Hall–Kier alpha value is -3.09. The van der Waals surface area contributed by atoms with Gasteiger partial charge in [-0.1, -0.05) is 18.2 Å². The number of nitrogens with one attached hydrogen (secondary N) is 1. The molecule has 1 saturated heterocycles. The molecular weight excluding hydrogens is 354 g/mol. The summed E-state index contributed by atoms with van der Waals surface area (Å²) >= 11 is 0. The maximum Gasteiger partial charge on any atom is 0.231 e. The van der Waals surface area contributed by atoms with Crippen LogP contribution < -0.4 is 15.0 Å². The molecule has 3 aromatic rings. The van der Waals surface area contributed by atoms with Crippen LogP contribution in [0.25, 0.3) is 5.65 Å². The number of methoxy groups -OCH3 is 1. The normalized spacial score (nSPS) is 16.9. The highest BCUT2D eigenvalue weighted by atomic mass is 16.5. The molecule has 0 unspecified atom stereocenters. The average molecular weight is 379 g/mol. The van der Waals surface area contributed by atoms with Crippen LogP contribution >= 0.6 is 0 Å². The highest BCUT2D eigenvalue weighted by Gasteiger charge is 2.28. The van der Waals surface area contributed by atoms with E-state index < -0.39 is 0 Å². The molecule has 1 atom stereocenters. The van der Waals surface area contributed by atoms with Crippen LogP contribution in [0.15, 0.2) is 42.5 Å². The highest BCUT2D eigenvalue weighted by molar-refractivity contribution is 5.79. The zero-order chi connectivity index (χ0) is 19.5. The van der Waals surface area contributed by atoms with E-state index in [1.807, 2.05) is 49.4 Å². The van der Waals surface area contributed by atoms with Crippen molar-refractivity contribution < 1.29 is 9.53 Å². The van der Waals surface area contributed by atoms with Gasteiger partial charge in [0.2, 0.25) is 11.9 Å². The number of rotatable bonds is 5. The minimum absolute atomic E-state index is 0.0524. The molecule has 2 aromatic heterocycles. The molecule has 3 heterocycles. The fraction of sp³-hybridized carbons (Fsp3) is 0.381. The lowest BCUT2D eigenvalue weighted by Gasteiger charge is -2.32. The van der Waals surface area contributed by atoms with Crippen molar-refractivity contribution in [2.75, 3.05) is 25.1 Å². The van der Waals surface area contributed by atoms with Crippen LogP contribution in [0.2, 0.25) is 0 Å². The predicted molar refractivity (Wildman–Crippen MR) is 108 cm³/mol. The zero-order valence-corrected chi connectivity index (χ0v) is 16.3. The van der Waals surface area contributed by atoms with Crippen LogP contribution in [0.5, 0.6) is 5.75 Å². The van der Waals surface area contributed by atoms with Gasteiger partial charge in [-0.05, 0) is 49.6 Å². The monoisotopic (exact) mass is 379 g/mol. The summed E-state index contributed by atoms with van der Waals surface area (Å²) in [6.45, 7) is 4.11. The van der Waals surface area contributed by atoms with Crippen LogP contribution in [-0.2, 0) is 11.3 Å². The number of pyridine rings is 1. The average Bonchev–Trinajstić information content (AvgIpc) is 3.18. The third-order valence-corrected chi connectivity index (χ3v) is 5.31. The van der Waals surface area contributed by atoms with Crippen molar-refractivity contribution in [2.45, 2.75) is 26.3 Å². The number of piperidine rings is 1. The summed E-state index contributed by atoms with van der Waals surface area (Å²) in [5, 5.41) is 11.7. The minimum Gasteiger partial charge on any atom is -0.497 e. The summed E-state index contributed by atoms with van der Waals surface area (Å²) in [6.07, 6.45) is 1.85. The largest absolute Gasteiger partial charge is 0.497 e. The molecule has 1 N–H and O–H groups in total. The molecule has 4 rings (SSSR count). The smallest absolute Gasteiger partial charge is 0.231 e. The van der Waals surface area contributed by atoms with Gasteiger partial charge in [-0.3, -0.25) is 9.20 Å². The third kappa shape index (κ3) is 3.65. The lowest BCUT2D eigenvalue weighted by Crippen LogP contribution is -2.43. The molecule has 146 valence electrons. The van der Waals surface area contributed by atoms with E-state index in [0.29, 0.717) is 13.1 Å². The van der Waals surface area contributed by atoms with E-state index >= 15 is 0 Å². The number of aromatic nitrogens is 3. The van der Waals surface area contributed by atoms with Gasteiger partial charge in [0.1, 0.15) is 5.75 Å². The summed E-state index contributed by atoms with van der Waals surface area (Å²) < 4.78 is 7.22. The molecule has 0 saturated carbocycles. The minimum atomic E-state index is -0.0524. The zero-order valence-electron chi connectivity index (χ0n) is 16.3.